The van der Waals surface area contributed by atoms with Crippen LogP contribution >= 0.6 is 15.9 Å². The number of benzene rings is 1. The number of hydrogen-bond donors (Lipinski definition) is 2. The topological polar surface area (TPSA) is 40.7 Å². The molecule has 0 saturated heterocycles. The van der Waals surface area contributed by atoms with Gasteiger partial charge in [0.05, 0.1) is 5.69 Å². The largest absolute Gasteiger partial charge is 0.380 e. The van der Waals surface area contributed by atoms with Gasteiger partial charge in [-0.15, -0.1) is 0 Å². The van der Waals surface area contributed by atoms with Crippen LogP contribution in [0.1, 0.15) is 22.5 Å². The van der Waals surface area contributed by atoms with Crippen LogP contribution in [0.15, 0.2) is 22.7 Å². The molecule has 1 aromatic heterocycles. The van der Waals surface area contributed by atoms with Crippen molar-refractivity contribution in [3.63, 3.8) is 0 Å². The number of aromatic amines is 1. The van der Waals surface area contributed by atoms with Gasteiger partial charge in [0.25, 0.3) is 0 Å². The maximum Gasteiger partial charge on any atom is 0.0643 e. The summed E-state index contributed by atoms with van der Waals surface area (Å²) < 4.78 is 1.09. The smallest absolute Gasteiger partial charge is 0.0643 e. The van der Waals surface area contributed by atoms with Crippen LogP contribution in [0, 0.1) is 20.8 Å². The summed E-state index contributed by atoms with van der Waals surface area (Å²) in [7, 11) is 0. The highest BCUT2D eigenvalue weighted by Gasteiger charge is 2.06. The summed E-state index contributed by atoms with van der Waals surface area (Å²) >= 11 is 3.56. The summed E-state index contributed by atoms with van der Waals surface area (Å²) in [6.07, 6.45) is 0. The predicted octanol–water partition coefficient (Wildman–Crippen LogP) is 3.71. The van der Waals surface area contributed by atoms with E-state index in [0.717, 1.165) is 28.1 Å². The van der Waals surface area contributed by atoms with Crippen molar-refractivity contribution in [1.29, 1.82) is 0 Å². The van der Waals surface area contributed by atoms with E-state index in [-0.39, 0.29) is 0 Å². The molecule has 0 atom stereocenters. The van der Waals surface area contributed by atoms with Gasteiger partial charge in [0, 0.05) is 28.0 Å². The summed E-state index contributed by atoms with van der Waals surface area (Å²) in [6, 6.07) is 6.30. The minimum atomic E-state index is 0.788. The maximum absolute atomic E-state index is 4.19. The second-order valence-corrected chi connectivity index (χ2v) is 5.10. The quantitative estimate of drug-likeness (QED) is 0.906. The van der Waals surface area contributed by atoms with E-state index in [2.05, 4.69) is 56.6 Å². The first-order valence-corrected chi connectivity index (χ1v) is 6.37. The van der Waals surface area contributed by atoms with Crippen LogP contribution in [-0.2, 0) is 6.54 Å². The molecule has 0 amide bonds. The number of nitrogens with zero attached hydrogens (tertiary/aromatic N) is 1. The Balaban J connectivity index is 2.13. The third-order valence-corrected chi connectivity index (χ3v) is 3.52. The summed E-state index contributed by atoms with van der Waals surface area (Å²) in [6.45, 7) is 6.93. The van der Waals surface area contributed by atoms with Crippen molar-refractivity contribution in [1.82, 2.24) is 10.2 Å². The Morgan fingerprint density at radius 3 is 2.65 bits per heavy atom. The third-order valence-electron chi connectivity index (χ3n) is 2.86. The van der Waals surface area contributed by atoms with Gasteiger partial charge in [0.15, 0.2) is 0 Å². The molecule has 0 spiro atoms. The molecule has 1 aromatic carbocycles. The third kappa shape index (κ3) is 2.69. The summed E-state index contributed by atoms with van der Waals surface area (Å²) in [5, 5.41) is 10.6. The first-order valence-electron chi connectivity index (χ1n) is 5.58. The van der Waals surface area contributed by atoms with E-state index in [9.17, 15) is 0 Å². The van der Waals surface area contributed by atoms with Gasteiger partial charge < -0.3 is 5.32 Å². The van der Waals surface area contributed by atoms with Crippen LogP contribution in [-0.4, -0.2) is 10.2 Å². The fourth-order valence-corrected chi connectivity index (χ4v) is 2.42. The molecule has 4 heteroatoms. The van der Waals surface area contributed by atoms with E-state index in [1.165, 1.54) is 11.1 Å². The summed E-state index contributed by atoms with van der Waals surface area (Å²) in [5.41, 5.74) is 5.77. The molecular weight excluding hydrogens is 278 g/mol. The SMILES string of the molecule is Cc1ccc(NCc2c(C)n[nH]c2C)c(Br)c1. The molecule has 0 bridgehead atoms. The number of H-pyrrole nitrogens is 1. The number of rotatable bonds is 3. The lowest BCUT2D eigenvalue weighted by molar-refractivity contribution is 1.02. The Bertz CT molecular complexity index is 512. The van der Waals surface area contributed by atoms with Crippen molar-refractivity contribution in [3.8, 4) is 0 Å². The van der Waals surface area contributed by atoms with Crippen LogP contribution in [0.5, 0.6) is 0 Å². The first-order chi connectivity index (χ1) is 8.08. The molecule has 0 fully saturated rings. The highest BCUT2D eigenvalue weighted by Crippen LogP contribution is 2.24. The zero-order chi connectivity index (χ0) is 12.4. The lowest BCUT2D eigenvalue weighted by Crippen LogP contribution is -2.02. The summed E-state index contributed by atoms with van der Waals surface area (Å²) in [4.78, 5) is 0. The van der Waals surface area contributed by atoms with Crippen LogP contribution in [0.3, 0.4) is 0 Å². The molecule has 0 radical (unpaired) electrons. The molecule has 2 aromatic rings. The minimum absolute atomic E-state index is 0.788. The molecule has 1 heterocycles. The zero-order valence-electron chi connectivity index (χ0n) is 10.3. The van der Waals surface area contributed by atoms with Crippen LogP contribution in [0.25, 0.3) is 0 Å². The average molecular weight is 294 g/mol. The highest BCUT2D eigenvalue weighted by molar-refractivity contribution is 9.10. The molecule has 0 aliphatic carbocycles. The highest BCUT2D eigenvalue weighted by atomic mass is 79.9. The van der Waals surface area contributed by atoms with Gasteiger partial charge in [0.1, 0.15) is 0 Å². The standard InChI is InChI=1S/C13H16BrN3/c1-8-4-5-13(12(14)6-8)15-7-11-9(2)16-17-10(11)3/h4-6,15H,7H2,1-3H3,(H,16,17). The van der Waals surface area contributed by atoms with Crippen molar-refractivity contribution in [3.05, 3.63) is 45.2 Å². The van der Waals surface area contributed by atoms with Gasteiger partial charge in [-0.3, -0.25) is 5.10 Å². The Kier molecular flexibility index (Phi) is 3.52. The monoisotopic (exact) mass is 293 g/mol. The van der Waals surface area contributed by atoms with E-state index in [1.807, 2.05) is 13.8 Å². The van der Waals surface area contributed by atoms with Crippen LogP contribution < -0.4 is 5.32 Å². The molecular formula is C13H16BrN3. The van der Waals surface area contributed by atoms with E-state index in [0.29, 0.717) is 0 Å². The van der Waals surface area contributed by atoms with E-state index in [4.69, 9.17) is 0 Å². The van der Waals surface area contributed by atoms with Crippen molar-refractivity contribution in [2.75, 3.05) is 5.32 Å². The van der Waals surface area contributed by atoms with Gasteiger partial charge >= 0.3 is 0 Å². The lowest BCUT2D eigenvalue weighted by Gasteiger charge is -2.09. The normalized spacial score (nSPS) is 10.6. The number of aromatic nitrogens is 2. The second-order valence-electron chi connectivity index (χ2n) is 4.25. The molecule has 0 aliphatic heterocycles. The lowest BCUT2D eigenvalue weighted by atomic mass is 10.2. The van der Waals surface area contributed by atoms with Crippen LogP contribution in [0.4, 0.5) is 5.69 Å². The maximum atomic E-state index is 4.19. The Morgan fingerprint density at radius 2 is 2.06 bits per heavy atom. The van der Waals surface area contributed by atoms with Crippen molar-refractivity contribution in [2.45, 2.75) is 27.3 Å². The molecule has 0 unspecified atom stereocenters. The predicted molar refractivity (Wildman–Crippen MR) is 74.3 cm³/mol. The zero-order valence-corrected chi connectivity index (χ0v) is 11.9. The number of halogens is 1. The Labute approximate surface area is 110 Å². The van der Waals surface area contributed by atoms with Crippen molar-refractivity contribution in [2.24, 2.45) is 0 Å². The van der Waals surface area contributed by atoms with Crippen LogP contribution in [0.2, 0.25) is 0 Å². The average Bonchev–Trinajstić information content (AvgIpc) is 2.58. The van der Waals surface area contributed by atoms with Gasteiger partial charge in [-0.05, 0) is 54.4 Å². The fourth-order valence-electron chi connectivity index (χ4n) is 1.78. The molecule has 2 N–H and O–H groups in total. The van der Waals surface area contributed by atoms with Gasteiger partial charge in [-0.2, -0.15) is 5.10 Å². The van der Waals surface area contributed by atoms with E-state index >= 15 is 0 Å². The molecule has 0 aliphatic rings. The van der Waals surface area contributed by atoms with Gasteiger partial charge in [-0.1, -0.05) is 6.07 Å². The molecule has 90 valence electrons. The fraction of sp³-hybridized carbons (Fsp3) is 0.308. The molecule has 17 heavy (non-hydrogen) atoms. The van der Waals surface area contributed by atoms with E-state index < -0.39 is 0 Å². The number of aryl methyl sites for hydroxylation is 3. The Morgan fingerprint density at radius 1 is 1.29 bits per heavy atom. The van der Waals surface area contributed by atoms with E-state index in [1.54, 1.807) is 0 Å². The number of nitrogens with one attached hydrogen (secondary N) is 2. The van der Waals surface area contributed by atoms with Crippen molar-refractivity contribution >= 4 is 21.6 Å². The minimum Gasteiger partial charge on any atom is -0.380 e. The molecule has 2 rings (SSSR count). The number of anilines is 1. The first kappa shape index (κ1) is 12.2. The Hall–Kier alpha value is -1.29. The number of hydrogen-bond acceptors (Lipinski definition) is 2. The van der Waals surface area contributed by atoms with Crippen molar-refractivity contribution < 1.29 is 0 Å². The van der Waals surface area contributed by atoms with Gasteiger partial charge in [0.2, 0.25) is 0 Å². The summed E-state index contributed by atoms with van der Waals surface area (Å²) in [5.74, 6) is 0. The van der Waals surface area contributed by atoms with Gasteiger partial charge in [-0.25, -0.2) is 0 Å². The molecule has 0 saturated carbocycles. The second kappa shape index (κ2) is 4.92. The molecule has 3 nitrogen and oxygen atoms in total.